The predicted molar refractivity (Wildman–Crippen MR) is 129 cm³/mol. The van der Waals surface area contributed by atoms with Gasteiger partial charge in [0, 0.05) is 24.3 Å². The van der Waals surface area contributed by atoms with Crippen molar-refractivity contribution < 1.29 is 4.80 Å². The van der Waals surface area contributed by atoms with E-state index in [0.29, 0.717) is 22.9 Å². The van der Waals surface area contributed by atoms with Crippen LogP contribution in [0.3, 0.4) is 0 Å². The summed E-state index contributed by atoms with van der Waals surface area (Å²) in [5.74, 6) is 1.15. The monoisotopic (exact) mass is 464 g/mol. The summed E-state index contributed by atoms with van der Waals surface area (Å²) in [6, 6.07) is 7.64. The number of imidazole rings is 1. The van der Waals surface area contributed by atoms with Crippen molar-refractivity contribution in [2.45, 2.75) is 50.9 Å². The van der Waals surface area contributed by atoms with Crippen molar-refractivity contribution in [2.24, 2.45) is 7.05 Å². The van der Waals surface area contributed by atoms with E-state index in [1.54, 1.807) is 22.4 Å². The number of anilines is 2. The highest BCUT2D eigenvalue weighted by molar-refractivity contribution is 6.71. The van der Waals surface area contributed by atoms with Crippen LogP contribution in [0.15, 0.2) is 35.5 Å². The number of benzene rings is 1. The summed E-state index contributed by atoms with van der Waals surface area (Å²) in [6.45, 7) is 4.02. The highest BCUT2D eigenvalue weighted by Gasteiger charge is 2.31. The first-order chi connectivity index (χ1) is 15.8. The minimum Gasteiger partial charge on any atom is -0.432 e. The van der Waals surface area contributed by atoms with Gasteiger partial charge >= 0.3 is 5.69 Å². The summed E-state index contributed by atoms with van der Waals surface area (Å²) in [7, 11) is -0.409. The molecule has 4 aromatic rings. The first kappa shape index (κ1) is 21.5. The molecule has 1 fully saturated rings. The zero-order chi connectivity index (χ0) is 23.2. The summed E-state index contributed by atoms with van der Waals surface area (Å²) in [4.78, 5) is 37.1. The number of aromatic nitrogens is 7. The second kappa shape index (κ2) is 8.23. The largest absolute Gasteiger partial charge is 0.432 e. The topological polar surface area (TPSA) is 127 Å². The fourth-order valence-corrected chi connectivity index (χ4v) is 6.84. The third-order valence-electron chi connectivity index (χ3n) is 6.63. The first-order valence-corrected chi connectivity index (χ1v) is 14.1. The molecule has 1 aromatic carbocycles. The molecule has 5 rings (SSSR count). The van der Waals surface area contributed by atoms with Crippen molar-refractivity contribution in [1.82, 2.24) is 34.3 Å². The van der Waals surface area contributed by atoms with Crippen LogP contribution in [0.5, 0.6) is 0 Å². The highest BCUT2D eigenvalue weighted by atomic mass is 28.4. The number of aryl methyl sites for hydroxylation is 2. The number of fused-ring (bicyclic) bond motifs is 1. The number of nitrogens with zero attached hydrogens (tertiary/aromatic N) is 6. The molecule has 10 nitrogen and oxygen atoms in total. The molecule has 3 aromatic heterocycles. The molecule has 2 atom stereocenters. The maximum atomic E-state index is 13.1. The Morgan fingerprint density at radius 2 is 2.09 bits per heavy atom. The van der Waals surface area contributed by atoms with Crippen LogP contribution in [0, 0.1) is 6.92 Å². The molecular formula is C22H28N8O2Si. The quantitative estimate of drug-likeness (QED) is 0.396. The summed E-state index contributed by atoms with van der Waals surface area (Å²) in [5, 5.41) is 10.1. The highest BCUT2D eigenvalue weighted by Crippen LogP contribution is 2.33. The Kier molecular flexibility index (Phi) is 5.37. The van der Waals surface area contributed by atoms with Crippen LogP contribution in [0.1, 0.15) is 30.9 Å². The Balaban J connectivity index is 1.48. The van der Waals surface area contributed by atoms with Crippen molar-refractivity contribution >= 4 is 31.1 Å². The Morgan fingerprint density at radius 3 is 2.85 bits per heavy atom. The number of hydrogen-bond acceptors (Lipinski definition) is 7. The Morgan fingerprint density at radius 1 is 1.24 bits per heavy atom. The van der Waals surface area contributed by atoms with Gasteiger partial charge in [-0.05, 0) is 62.2 Å². The smallest absolute Gasteiger partial charge is 0.330 e. The number of nitrogens with one attached hydrogen (secondary N) is 2. The lowest BCUT2D eigenvalue weighted by Crippen LogP contribution is -2.29. The first-order valence-electron chi connectivity index (χ1n) is 11.2. The average molecular weight is 465 g/mol. The molecule has 0 spiro atoms. The van der Waals surface area contributed by atoms with Gasteiger partial charge in [-0.3, -0.25) is 14.2 Å². The van der Waals surface area contributed by atoms with E-state index in [1.807, 2.05) is 31.7 Å². The van der Waals surface area contributed by atoms with Gasteiger partial charge < -0.3 is 10.1 Å². The fourth-order valence-electron chi connectivity index (χ4n) is 4.66. The number of aromatic amines is 1. The zero-order valence-corrected chi connectivity index (χ0v) is 20.0. The van der Waals surface area contributed by atoms with Gasteiger partial charge in [-0.1, -0.05) is 6.42 Å². The molecule has 11 heteroatoms. The van der Waals surface area contributed by atoms with E-state index >= 15 is 0 Å². The Bertz CT molecular complexity index is 1360. The molecule has 172 valence electrons. The van der Waals surface area contributed by atoms with Crippen molar-refractivity contribution in [3.8, 4) is 11.4 Å². The van der Waals surface area contributed by atoms with E-state index in [0.717, 1.165) is 48.2 Å². The van der Waals surface area contributed by atoms with Gasteiger partial charge in [0.1, 0.15) is 11.8 Å². The lowest BCUT2D eigenvalue weighted by atomic mass is 10.1. The van der Waals surface area contributed by atoms with E-state index < -0.39 is 8.32 Å². The van der Waals surface area contributed by atoms with Crippen molar-refractivity contribution in [3.05, 3.63) is 46.8 Å². The maximum absolute atomic E-state index is 13.1. The van der Waals surface area contributed by atoms with Crippen LogP contribution in [0.4, 0.5) is 11.6 Å². The summed E-state index contributed by atoms with van der Waals surface area (Å²) >= 11 is 0. The van der Waals surface area contributed by atoms with E-state index in [1.165, 1.54) is 6.33 Å². The van der Waals surface area contributed by atoms with E-state index in [9.17, 15) is 9.59 Å². The molecule has 1 aliphatic rings. The van der Waals surface area contributed by atoms with E-state index in [-0.39, 0.29) is 11.7 Å². The van der Waals surface area contributed by atoms with Crippen LogP contribution < -0.4 is 11.0 Å². The molecule has 2 unspecified atom stereocenters. The molecule has 0 amide bonds. The zero-order valence-electron chi connectivity index (χ0n) is 19.0. The van der Waals surface area contributed by atoms with Crippen LogP contribution in [-0.4, -0.2) is 47.4 Å². The van der Waals surface area contributed by atoms with Crippen molar-refractivity contribution in [3.63, 3.8) is 0 Å². The number of rotatable bonds is 4. The molecule has 1 saturated heterocycles. The molecule has 0 radical (unpaired) electrons. The molecule has 33 heavy (non-hydrogen) atoms. The van der Waals surface area contributed by atoms with Gasteiger partial charge in [0.15, 0.2) is 19.8 Å². The van der Waals surface area contributed by atoms with Crippen LogP contribution in [0.2, 0.25) is 18.6 Å². The van der Waals surface area contributed by atoms with Gasteiger partial charge in [-0.25, -0.2) is 14.8 Å². The number of H-pyrrole nitrogens is 1. The molecule has 3 N–H and O–H groups in total. The lowest BCUT2D eigenvalue weighted by Gasteiger charge is -2.18. The molecular weight excluding hydrogens is 436 g/mol. The van der Waals surface area contributed by atoms with Gasteiger partial charge in [0.05, 0.1) is 6.20 Å². The predicted octanol–water partition coefficient (Wildman–Crippen LogP) is 3.26. The SMILES string of the molecule is Cc1cc(-c2ncn[nH]2)ccc1Nc1ncc2c(n1)n(C1CCC[Si](C)(O)CC1)c(=O)n2C. The fraction of sp³-hybridized carbons (Fsp3) is 0.409. The van der Waals surface area contributed by atoms with Gasteiger partial charge in [0.25, 0.3) is 0 Å². The standard InChI is InChI=1S/C22H28N8O2Si/c1-14-11-15(19-24-13-25-28-19)6-7-17(14)26-21-23-12-18-20(27-21)30(22(31)29(18)2)16-5-4-9-33(3,32)10-8-16/h6-7,11-13,16,32H,4-5,8-10H2,1-3H3,(H,23,26,27)(H,24,25,28). The number of hydrogen-bond donors (Lipinski definition) is 3. The molecule has 0 saturated carbocycles. The second-order valence-corrected chi connectivity index (χ2v) is 13.2. The summed E-state index contributed by atoms with van der Waals surface area (Å²) in [6.07, 6.45) is 5.78. The second-order valence-electron chi connectivity index (χ2n) is 9.18. The van der Waals surface area contributed by atoms with Crippen LogP contribution in [0.25, 0.3) is 22.6 Å². The summed E-state index contributed by atoms with van der Waals surface area (Å²) in [5.41, 5.74) is 4.07. The van der Waals surface area contributed by atoms with E-state index in [2.05, 4.69) is 25.5 Å². The lowest BCUT2D eigenvalue weighted by molar-refractivity contribution is 0.446. The minimum absolute atomic E-state index is 0.0355. The van der Waals surface area contributed by atoms with Crippen molar-refractivity contribution in [1.29, 1.82) is 0 Å². The molecule has 0 aliphatic carbocycles. The van der Waals surface area contributed by atoms with Crippen LogP contribution >= 0.6 is 0 Å². The maximum Gasteiger partial charge on any atom is 0.330 e. The minimum atomic E-state index is -2.16. The Hall–Kier alpha value is -3.31. The van der Waals surface area contributed by atoms with Crippen molar-refractivity contribution in [2.75, 3.05) is 5.32 Å². The van der Waals surface area contributed by atoms with Gasteiger partial charge in [-0.15, -0.1) is 0 Å². The molecule has 4 heterocycles. The third kappa shape index (κ3) is 4.09. The van der Waals surface area contributed by atoms with Gasteiger partial charge in [0.2, 0.25) is 5.95 Å². The average Bonchev–Trinajstić information content (AvgIpc) is 3.35. The normalized spacial score (nSPS) is 21.3. The molecule has 0 bridgehead atoms. The van der Waals surface area contributed by atoms with Gasteiger partial charge in [-0.2, -0.15) is 10.1 Å². The summed E-state index contributed by atoms with van der Waals surface area (Å²) < 4.78 is 3.41. The Labute approximate surface area is 191 Å². The third-order valence-corrected chi connectivity index (χ3v) is 9.42. The van der Waals surface area contributed by atoms with Crippen LogP contribution in [-0.2, 0) is 7.05 Å². The van der Waals surface area contributed by atoms with E-state index in [4.69, 9.17) is 4.98 Å². The molecule has 1 aliphatic heterocycles.